The summed E-state index contributed by atoms with van der Waals surface area (Å²) >= 11 is 0. The highest BCUT2D eigenvalue weighted by atomic mass is 16.5. The molecular formula is C14H17N3O3. The normalized spacial score (nSPS) is 10.1. The molecule has 0 saturated heterocycles. The van der Waals surface area contributed by atoms with Gasteiger partial charge in [0.1, 0.15) is 11.5 Å². The Labute approximate surface area is 117 Å². The van der Waals surface area contributed by atoms with E-state index in [9.17, 15) is 4.79 Å². The van der Waals surface area contributed by atoms with Crippen LogP contribution in [0.3, 0.4) is 0 Å². The number of ether oxygens (including phenoxy) is 2. The molecule has 0 aliphatic carbocycles. The molecule has 20 heavy (non-hydrogen) atoms. The molecule has 0 spiro atoms. The Hall–Kier alpha value is -2.50. The number of methoxy groups -OCH3 is 2. The third-order valence-electron chi connectivity index (χ3n) is 2.79. The number of anilines is 1. The number of amides is 1. The number of carbonyl (C=O) groups is 1. The van der Waals surface area contributed by atoms with E-state index in [0.29, 0.717) is 30.2 Å². The number of carbonyl (C=O) groups excluding carboxylic acids is 1. The van der Waals surface area contributed by atoms with E-state index in [1.54, 1.807) is 44.9 Å². The van der Waals surface area contributed by atoms with E-state index in [1.165, 1.54) is 0 Å². The van der Waals surface area contributed by atoms with E-state index < -0.39 is 0 Å². The van der Waals surface area contributed by atoms with Crippen LogP contribution in [0.15, 0.2) is 36.9 Å². The number of rotatable bonds is 6. The van der Waals surface area contributed by atoms with Crippen LogP contribution >= 0.6 is 0 Å². The molecule has 1 heterocycles. The summed E-state index contributed by atoms with van der Waals surface area (Å²) in [6.07, 6.45) is 5.56. The van der Waals surface area contributed by atoms with Crippen molar-refractivity contribution < 1.29 is 14.3 Å². The van der Waals surface area contributed by atoms with Crippen LogP contribution in [0.4, 0.5) is 5.69 Å². The molecule has 6 heteroatoms. The smallest absolute Gasteiger partial charge is 0.226 e. The third kappa shape index (κ3) is 3.74. The Balaban J connectivity index is 1.96. The maximum atomic E-state index is 11.9. The summed E-state index contributed by atoms with van der Waals surface area (Å²) in [4.78, 5) is 15.8. The van der Waals surface area contributed by atoms with Crippen LogP contribution in [0.5, 0.6) is 11.5 Å². The highest BCUT2D eigenvalue weighted by Crippen LogP contribution is 2.25. The number of nitrogens with one attached hydrogen (secondary N) is 1. The van der Waals surface area contributed by atoms with Crippen molar-refractivity contribution in [1.29, 1.82) is 0 Å². The number of aryl methyl sites for hydroxylation is 1. The lowest BCUT2D eigenvalue weighted by atomic mass is 10.2. The second-order valence-electron chi connectivity index (χ2n) is 4.20. The molecule has 106 valence electrons. The lowest BCUT2D eigenvalue weighted by molar-refractivity contribution is -0.116. The second kappa shape index (κ2) is 6.60. The molecular weight excluding hydrogens is 258 g/mol. The molecule has 0 radical (unpaired) electrons. The van der Waals surface area contributed by atoms with Gasteiger partial charge in [-0.3, -0.25) is 4.79 Å². The molecule has 0 saturated carbocycles. The van der Waals surface area contributed by atoms with Gasteiger partial charge in [-0.25, -0.2) is 4.98 Å². The predicted octanol–water partition coefficient (Wildman–Crippen LogP) is 1.93. The largest absolute Gasteiger partial charge is 0.497 e. The van der Waals surface area contributed by atoms with Gasteiger partial charge in [-0.2, -0.15) is 0 Å². The van der Waals surface area contributed by atoms with Gasteiger partial charge in [0.25, 0.3) is 0 Å². The minimum absolute atomic E-state index is 0.0750. The number of benzene rings is 1. The zero-order chi connectivity index (χ0) is 14.4. The van der Waals surface area contributed by atoms with Crippen LogP contribution in [-0.4, -0.2) is 29.7 Å². The summed E-state index contributed by atoms with van der Waals surface area (Å²) < 4.78 is 12.2. The highest BCUT2D eigenvalue weighted by Gasteiger charge is 2.06. The fourth-order valence-electron chi connectivity index (χ4n) is 1.75. The SMILES string of the molecule is COc1cc(NC(=O)CCn2ccnc2)cc(OC)c1. The van der Waals surface area contributed by atoms with Crippen molar-refractivity contribution in [1.82, 2.24) is 9.55 Å². The number of hydrogen-bond acceptors (Lipinski definition) is 4. The number of imidazole rings is 1. The Morgan fingerprint density at radius 3 is 2.50 bits per heavy atom. The first-order chi connectivity index (χ1) is 9.71. The maximum absolute atomic E-state index is 11.9. The van der Waals surface area contributed by atoms with Crippen LogP contribution in [0, 0.1) is 0 Å². The van der Waals surface area contributed by atoms with Gasteiger partial charge in [0.05, 0.1) is 20.5 Å². The van der Waals surface area contributed by atoms with Crippen LogP contribution in [0.2, 0.25) is 0 Å². The van der Waals surface area contributed by atoms with Crippen LogP contribution in [0.1, 0.15) is 6.42 Å². The molecule has 0 fully saturated rings. The summed E-state index contributed by atoms with van der Waals surface area (Å²) in [5.74, 6) is 1.19. The quantitative estimate of drug-likeness (QED) is 0.874. The van der Waals surface area contributed by atoms with Gasteiger partial charge >= 0.3 is 0 Å². The van der Waals surface area contributed by atoms with Gasteiger partial charge in [-0.1, -0.05) is 0 Å². The molecule has 1 N–H and O–H groups in total. The van der Waals surface area contributed by atoms with Crippen molar-refractivity contribution in [3.63, 3.8) is 0 Å². The summed E-state index contributed by atoms with van der Waals surface area (Å²) in [5.41, 5.74) is 0.650. The summed E-state index contributed by atoms with van der Waals surface area (Å²) in [6, 6.07) is 5.25. The first-order valence-corrected chi connectivity index (χ1v) is 6.20. The van der Waals surface area contributed by atoms with Gasteiger partial charge in [-0.05, 0) is 0 Å². The molecule has 2 aromatic rings. The fourth-order valence-corrected chi connectivity index (χ4v) is 1.75. The topological polar surface area (TPSA) is 65.4 Å². The lowest BCUT2D eigenvalue weighted by Gasteiger charge is -2.10. The Morgan fingerprint density at radius 1 is 1.25 bits per heavy atom. The van der Waals surface area contributed by atoms with E-state index in [-0.39, 0.29) is 5.91 Å². The molecule has 6 nitrogen and oxygen atoms in total. The summed E-state index contributed by atoms with van der Waals surface area (Å²) in [5, 5.41) is 2.82. The predicted molar refractivity (Wildman–Crippen MR) is 75.0 cm³/mol. The van der Waals surface area contributed by atoms with E-state index >= 15 is 0 Å². The molecule has 1 aromatic heterocycles. The van der Waals surface area contributed by atoms with Gasteiger partial charge in [0.2, 0.25) is 5.91 Å². The molecule has 0 unspecified atom stereocenters. The van der Waals surface area contributed by atoms with Crippen LogP contribution in [-0.2, 0) is 11.3 Å². The molecule has 2 rings (SSSR count). The van der Waals surface area contributed by atoms with Crippen molar-refractivity contribution in [3.8, 4) is 11.5 Å². The third-order valence-corrected chi connectivity index (χ3v) is 2.79. The number of aromatic nitrogens is 2. The molecule has 1 amide bonds. The second-order valence-corrected chi connectivity index (χ2v) is 4.20. The van der Waals surface area contributed by atoms with E-state index in [0.717, 1.165) is 0 Å². The number of hydrogen-bond donors (Lipinski definition) is 1. The average molecular weight is 275 g/mol. The van der Waals surface area contributed by atoms with Crippen molar-refractivity contribution >= 4 is 11.6 Å². The standard InChI is InChI=1S/C14H17N3O3/c1-19-12-7-11(8-13(9-12)20-2)16-14(18)3-5-17-6-4-15-10-17/h4,6-10H,3,5H2,1-2H3,(H,16,18). The van der Waals surface area contributed by atoms with Crippen molar-refractivity contribution in [3.05, 3.63) is 36.9 Å². The minimum Gasteiger partial charge on any atom is -0.497 e. The summed E-state index contributed by atoms with van der Waals surface area (Å²) in [7, 11) is 3.14. The van der Waals surface area contributed by atoms with E-state index in [2.05, 4.69) is 10.3 Å². The molecule has 1 aromatic carbocycles. The van der Waals surface area contributed by atoms with E-state index in [4.69, 9.17) is 9.47 Å². The molecule has 0 aliphatic rings. The zero-order valence-electron chi connectivity index (χ0n) is 11.5. The minimum atomic E-state index is -0.0750. The maximum Gasteiger partial charge on any atom is 0.226 e. The Morgan fingerprint density at radius 2 is 1.95 bits per heavy atom. The van der Waals surface area contributed by atoms with E-state index in [1.807, 2.05) is 10.8 Å². The average Bonchev–Trinajstić information content (AvgIpc) is 2.98. The Bertz CT molecular complexity index is 545. The number of nitrogens with zero attached hydrogens (tertiary/aromatic N) is 2. The fraction of sp³-hybridized carbons (Fsp3) is 0.286. The van der Waals surface area contributed by atoms with Gasteiger partial charge < -0.3 is 19.4 Å². The van der Waals surface area contributed by atoms with Crippen molar-refractivity contribution in [2.75, 3.05) is 19.5 Å². The molecule has 0 atom stereocenters. The first-order valence-electron chi connectivity index (χ1n) is 6.20. The monoisotopic (exact) mass is 275 g/mol. The molecule has 0 aliphatic heterocycles. The van der Waals surface area contributed by atoms with Crippen LogP contribution in [0.25, 0.3) is 0 Å². The van der Waals surface area contributed by atoms with Crippen molar-refractivity contribution in [2.45, 2.75) is 13.0 Å². The molecule has 0 bridgehead atoms. The highest BCUT2D eigenvalue weighted by molar-refractivity contribution is 5.91. The van der Waals surface area contributed by atoms with Gasteiger partial charge in [0, 0.05) is 49.2 Å². The zero-order valence-corrected chi connectivity index (χ0v) is 11.5. The summed E-state index contributed by atoms with van der Waals surface area (Å²) in [6.45, 7) is 0.590. The van der Waals surface area contributed by atoms with Crippen LogP contribution < -0.4 is 14.8 Å². The van der Waals surface area contributed by atoms with Crippen molar-refractivity contribution in [2.24, 2.45) is 0 Å². The van der Waals surface area contributed by atoms with Gasteiger partial charge in [0.15, 0.2) is 0 Å². The van der Waals surface area contributed by atoms with Gasteiger partial charge in [-0.15, -0.1) is 0 Å². The first kappa shape index (κ1) is 13.9. The Kier molecular flexibility index (Phi) is 4.60. The lowest BCUT2D eigenvalue weighted by Crippen LogP contribution is -2.14.